The summed E-state index contributed by atoms with van der Waals surface area (Å²) in [5, 5.41) is 11.6. The van der Waals surface area contributed by atoms with Crippen LogP contribution in [-0.4, -0.2) is 11.6 Å². The highest BCUT2D eigenvalue weighted by atomic mass is 32.1. The number of thiazole rings is 1. The fourth-order valence-electron chi connectivity index (χ4n) is 1.69. The van der Waals surface area contributed by atoms with Gasteiger partial charge in [-0.25, -0.2) is 4.98 Å². The Morgan fingerprint density at radius 3 is 2.89 bits per heavy atom. The average molecular weight is 272 g/mol. The predicted octanol–water partition coefficient (Wildman–Crippen LogP) is 3.45. The van der Waals surface area contributed by atoms with Gasteiger partial charge in [0.2, 0.25) is 0 Å². The molecule has 2 rings (SSSR count). The van der Waals surface area contributed by atoms with E-state index in [9.17, 15) is 0 Å². The molecule has 98 valence electrons. The number of benzene rings is 1. The van der Waals surface area contributed by atoms with E-state index in [0.29, 0.717) is 13.0 Å². The van der Waals surface area contributed by atoms with Gasteiger partial charge in [0.15, 0.2) is 0 Å². The number of ether oxygens (including phenoxy) is 1. The second-order valence-corrected chi connectivity index (χ2v) is 5.35. The van der Waals surface area contributed by atoms with Crippen molar-refractivity contribution >= 4 is 11.3 Å². The summed E-state index contributed by atoms with van der Waals surface area (Å²) in [6.45, 7) is 4.78. The van der Waals surface area contributed by atoms with Crippen LogP contribution < -0.4 is 4.74 Å². The predicted molar refractivity (Wildman–Crippen MR) is 76.5 cm³/mol. The third-order valence-electron chi connectivity index (χ3n) is 2.92. The van der Waals surface area contributed by atoms with Crippen LogP contribution in [-0.2, 0) is 12.8 Å². The molecule has 1 aromatic carbocycles. The molecule has 0 amide bonds. The standard InChI is InChI=1S/C15H16N2OS/c1-11-3-4-14(9-12(11)2)18-8-6-15-17-13(5-7-16)10-19-15/h3-4,9-10H,5-6,8H2,1-2H3. The molecule has 0 aliphatic carbocycles. The maximum absolute atomic E-state index is 8.59. The molecule has 0 aliphatic rings. The highest BCUT2D eigenvalue weighted by Gasteiger charge is 2.03. The first-order valence-corrected chi connectivity index (χ1v) is 7.07. The van der Waals surface area contributed by atoms with Gasteiger partial charge in [-0.1, -0.05) is 6.07 Å². The lowest BCUT2D eigenvalue weighted by molar-refractivity contribution is 0.321. The van der Waals surface area contributed by atoms with Gasteiger partial charge < -0.3 is 4.74 Å². The number of nitriles is 1. The summed E-state index contributed by atoms with van der Waals surface area (Å²) in [4.78, 5) is 4.38. The Balaban J connectivity index is 1.85. The summed E-state index contributed by atoms with van der Waals surface area (Å²) in [5.41, 5.74) is 3.37. The second kappa shape index (κ2) is 6.35. The van der Waals surface area contributed by atoms with Crippen molar-refractivity contribution < 1.29 is 4.74 Å². The molecule has 4 heteroatoms. The summed E-state index contributed by atoms with van der Waals surface area (Å²) in [5.74, 6) is 0.900. The van der Waals surface area contributed by atoms with Gasteiger partial charge in [-0.2, -0.15) is 5.26 Å². The summed E-state index contributed by atoms with van der Waals surface area (Å²) in [6, 6.07) is 8.22. The van der Waals surface area contributed by atoms with E-state index in [4.69, 9.17) is 10.00 Å². The molecule has 0 unspecified atom stereocenters. The van der Waals surface area contributed by atoms with Crippen molar-refractivity contribution in [2.45, 2.75) is 26.7 Å². The largest absolute Gasteiger partial charge is 0.493 e. The van der Waals surface area contributed by atoms with Crippen molar-refractivity contribution in [2.24, 2.45) is 0 Å². The molecule has 0 N–H and O–H groups in total. The normalized spacial score (nSPS) is 10.2. The minimum Gasteiger partial charge on any atom is -0.493 e. The first-order valence-electron chi connectivity index (χ1n) is 6.19. The van der Waals surface area contributed by atoms with E-state index in [0.717, 1.165) is 22.9 Å². The number of rotatable bonds is 5. The summed E-state index contributed by atoms with van der Waals surface area (Å²) in [6.07, 6.45) is 1.16. The van der Waals surface area contributed by atoms with Crippen LogP contribution in [0.1, 0.15) is 21.8 Å². The van der Waals surface area contributed by atoms with Gasteiger partial charge in [0, 0.05) is 11.8 Å². The quantitative estimate of drug-likeness (QED) is 0.837. The van der Waals surface area contributed by atoms with Crippen LogP contribution >= 0.6 is 11.3 Å². The van der Waals surface area contributed by atoms with Gasteiger partial charge in [-0.05, 0) is 37.1 Å². The minimum atomic E-state index is 0.383. The van der Waals surface area contributed by atoms with Gasteiger partial charge in [-0.3, -0.25) is 0 Å². The first kappa shape index (κ1) is 13.6. The molecule has 3 nitrogen and oxygen atoms in total. The Morgan fingerprint density at radius 2 is 2.16 bits per heavy atom. The zero-order chi connectivity index (χ0) is 13.7. The topological polar surface area (TPSA) is 45.9 Å². The molecular weight excluding hydrogens is 256 g/mol. The lowest BCUT2D eigenvalue weighted by Crippen LogP contribution is -2.01. The zero-order valence-electron chi connectivity index (χ0n) is 11.1. The number of hydrogen-bond acceptors (Lipinski definition) is 4. The SMILES string of the molecule is Cc1ccc(OCCc2nc(CC#N)cs2)cc1C. The number of nitrogens with zero attached hydrogens (tertiary/aromatic N) is 2. The van der Waals surface area contributed by atoms with Crippen molar-refractivity contribution in [1.29, 1.82) is 5.26 Å². The Labute approximate surface area is 117 Å². The Morgan fingerprint density at radius 1 is 1.32 bits per heavy atom. The van der Waals surface area contributed by atoms with Gasteiger partial charge in [0.1, 0.15) is 5.75 Å². The van der Waals surface area contributed by atoms with Gasteiger partial charge in [-0.15, -0.1) is 11.3 Å². The highest BCUT2D eigenvalue weighted by Crippen LogP contribution is 2.17. The number of aryl methyl sites for hydroxylation is 2. The fourth-order valence-corrected chi connectivity index (χ4v) is 2.47. The lowest BCUT2D eigenvalue weighted by Gasteiger charge is -2.07. The van der Waals surface area contributed by atoms with E-state index in [-0.39, 0.29) is 0 Å². The molecule has 0 radical (unpaired) electrons. The molecule has 1 aromatic heterocycles. The smallest absolute Gasteiger partial charge is 0.119 e. The molecule has 0 spiro atoms. The van der Waals surface area contributed by atoms with E-state index >= 15 is 0 Å². The maximum Gasteiger partial charge on any atom is 0.119 e. The summed E-state index contributed by atoms with van der Waals surface area (Å²) >= 11 is 1.59. The van der Waals surface area contributed by atoms with E-state index in [2.05, 4.69) is 37.0 Å². The van der Waals surface area contributed by atoms with E-state index in [1.54, 1.807) is 11.3 Å². The zero-order valence-corrected chi connectivity index (χ0v) is 12.0. The molecular formula is C15H16N2OS. The van der Waals surface area contributed by atoms with Crippen LogP contribution in [0, 0.1) is 25.2 Å². The van der Waals surface area contributed by atoms with Gasteiger partial charge >= 0.3 is 0 Å². The Kier molecular flexibility index (Phi) is 4.53. The minimum absolute atomic E-state index is 0.383. The number of aromatic nitrogens is 1. The van der Waals surface area contributed by atoms with E-state index < -0.39 is 0 Å². The van der Waals surface area contributed by atoms with E-state index in [1.807, 2.05) is 11.4 Å². The van der Waals surface area contributed by atoms with Crippen LogP contribution in [0.4, 0.5) is 0 Å². The molecule has 0 fully saturated rings. The van der Waals surface area contributed by atoms with Crippen LogP contribution in [0.5, 0.6) is 5.75 Å². The van der Waals surface area contributed by atoms with Crippen molar-refractivity contribution in [3.05, 3.63) is 45.4 Å². The van der Waals surface area contributed by atoms with E-state index in [1.165, 1.54) is 11.1 Å². The average Bonchev–Trinajstić information content (AvgIpc) is 2.82. The molecule has 19 heavy (non-hydrogen) atoms. The summed E-state index contributed by atoms with van der Waals surface area (Å²) < 4.78 is 5.72. The van der Waals surface area contributed by atoms with Crippen LogP contribution in [0.15, 0.2) is 23.6 Å². The molecule has 0 saturated heterocycles. The Bertz CT molecular complexity index is 598. The third kappa shape index (κ3) is 3.80. The molecule has 1 heterocycles. The van der Waals surface area contributed by atoms with Crippen LogP contribution in [0.3, 0.4) is 0 Å². The van der Waals surface area contributed by atoms with Crippen molar-refractivity contribution in [2.75, 3.05) is 6.61 Å². The summed E-state index contributed by atoms with van der Waals surface area (Å²) in [7, 11) is 0. The Hall–Kier alpha value is -1.86. The monoisotopic (exact) mass is 272 g/mol. The fraction of sp³-hybridized carbons (Fsp3) is 0.333. The van der Waals surface area contributed by atoms with Gasteiger partial charge in [0.25, 0.3) is 0 Å². The molecule has 0 aliphatic heterocycles. The van der Waals surface area contributed by atoms with Crippen LogP contribution in [0.2, 0.25) is 0 Å². The van der Waals surface area contributed by atoms with Crippen molar-refractivity contribution in [3.8, 4) is 11.8 Å². The second-order valence-electron chi connectivity index (χ2n) is 4.41. The van der Waals surface area contributed by atoms with Crippen LogP contribution in [0.25, 0.3) is 0 Å². The van der Waals surface area contributed by atoms with Crippen molar-refractivity contribution in [3.63, 3.8) is 0 Å². The molecule has 0 bridgehead atoms. The lowest BCUT2D eigenvalue weighted by atomic mass is 10.1. The van der Waals surface area contributed by atoms with Crippen molar-refractivity contribution in [1.82, 2.24) is 4.98 Å². The molecule has 0 atom stereocenters. The first-order chi connectivity index (χ1) is 9.19. The number of hydrogen-bond donors (Lipinski definition) is 0. The molecule has 2 aromatic rings. The third-order valence-corrected chi connectivity index (χ3v) is 3.88. The van der Waals surface area contributed by atoms with Gasteiger partial charge in [0.05, 0.1) is 29.8 Å². The maximum atomic E-state index is 8.59. The highest BCUT2D eigenvalue weighted by molar-refractivity contribution is 7.09. The molecule has 0 saturated carbocycles.